The zero-order chi connectivity index (χ0) is 0. The van der Waals surface area contributed by atoms with Crippen LogP contribution in [0, 0.1) is 0 Å². The van der Waals surface area contributed by atoms with E-state index in [0.29, 0.717) is 0 Å². The SMILES string of the molecule is O.O.O.O.O.O.O.O.O.O.O.O.[Sb].[Sb].[Zn+2]. The average Bonchev–Trinajstić information content (AvgIpc) is 0. The van der Waals surface area contributed by atoms with Gasteiger partial charge in [-0.1, -0.05) is 0 Å². The summed E-state index contributed by atoms with van der Waals surface area (Å²) in [6.45, 7) is 0. The number of hydrogen-bond acceptors (Lipinski definition) is 0. The van der Waals surface area contributed by atoms with Crippen molar-refractivity contribution >= 4 is 48.9 Å². The minimum absolute atomic E-state index is 0. The van der Waals surface area contributed by atoms with Gasteiger partial charge in [0, 0.05) is 48.9 Å². The first kappa shape index (κ1) is 1320. The maximum absolute atomic E-state index is 0. The van der Waals surface area contributed by atoms with Crippen LogP contribution < -0.4 is 0 Å². The van der Waals surface area contributed by atoms with Crippen LogP contribution in [0.25, 0.3) is 0 Å². The summed E-state index contributed by atoms with van der Waals surface area (Å²) in [6, 6.07) is 0. The molecule has 0 aromatic carbocycles. The van der Waals surface area contributed by atoms with E-state index in [-0.39, 0.29) is 134 Å². The fraction of sp³-hybridized carbons (Fsp3) is 0. The van der Waals surface area contributed by atoms with Gasteiger partial charge in [0.1, 0.15) is 0 Å². The Kier molecular flexibility index (Phi) is 95700. The summed E-state index contributed by atoms with van der Waals surface area (Å²) >= 11 is 0. The molecule has 0 aromatic heterocycles. The Balaban J connectivity index is 0. The molecule has 0 heterocycles. The summed E-state index contributed by atoms with van der Waals surface area (Å²) in [5, 5.41) is 0. The van der Waals surface area contributed by atoms with Crippen molar-refractivity contribution in [2.45, 2.75) is 0 Å². The Morgan fingerprint density at radius 3 is 0.200 bits per heavy atom. The Bertz CT molecular complexity index is 13.6. The second kappa shape index (κ2) is 1090. The van der Waals surface area contributed by atoms with Gasteiger partial charge >= 0.3 is 19.5 Å². The van der Waals surface area contributed by atoms with Crippen molar-refractivity contribution in [1.82, 2.24) is 0 Å². The Morgan fingerprint density at radius 1 is 0.200 bits per heavy atom. The molecular weight excluding hydrogens is 501 g/mol. The van der Waals surface area contributed by atoms with E-state index in [1.807, 2.05) is 0 Å². The molecule has 0 aromatic rings. The molecule has 0 atom stereocenters. The van der Waals surface area contributed by atoms with Gasteiger partial charge in [-0.05, 0) is 0 Å². The molecular formula is H24O12Sb2Zn+2. The van der Waals surface area contributed by atoms with Crippen molar-refractivity contribution in [3.05, 3.63) is 0 Å². The van der Waals surface area contributed by atoms with Crippen molar-refractivity contribution in [2.24, 2.45) is 0 Å². The smallest absolute Gasteiger partial charge is 0.412 e. The molecule has 0 amide bonds. The van der Waals surface area contributed by atoms with E-state index in [2.05, 4.69) is 0 Å². The molecule has 0 fully saturated rings. The van der Waals surface area contributed by atoms with Gasteiger partial charge in [0.05, 0.1) is 0 Å². The van der Waals surface area contributed by atoms with Crippen LogP contribution in [0.4, 0.5) is 0 Å². The summed E-state index contributed by atoms with van der Waals surface area (Å²) in [4.78, 5) is 0. The third-order valence-corrected chi connectivity index (χ3v) is 0. The van der Waals surface area contributed by atoms with Crippen molar-refractivity contribution < 1.29 is 85.2 Å². The van der Waals surface area contributed by atoms with E-state index in [9.17, 15) is 0 Å². The molecule has 24 N–H and O–H groups in total. The predicted octanol–water partition coefficient (Wildman–Crippen LogP) is -10.7. The van der Waals surface area contributed by atoms with Gasteiger partial charge in [-0.15, -0.1) is 0 Å². The molecule has 0 aliphatic heterocycles. The number of rotatable bonds is 0. The quantitative estimate of drug-likeness (QED) is 0.266. The molecule has 15 heteroatoms. The van der Waals surface area contributed by atoms with Crippen molar-refractivity contribution in [3.63, 3.8) is 0 Å². The van der Waals surface area contributed by atoms with Crippen LogP contribution in [-0.2, 0) is 19.5 Å². The third-order valence-electron chi connectivity index (χ3n) is 0. The maximum atomic E-state index is 0. The molecule has 0 rings (SSSR count). The number of hydrogen-bond donors (Lipinski definition) is 0. The molecule has 15 heavy (non-hydrogen) atoms. The Hall–Kier alpha value is 1.78. The van der Waals surface area contributed by atoms with Crippen LogP contribution in [0.2, 0.25) is 0 Å². The van der Waals surface area contributed by atoms with Crippen LogP contribution in [0.15, 0.2) is 0 Å². The molecule has 12 nitrogen and oxygen atoms in total. The molecule has 0 aliphatic rings. The van der Waals surface area contributed by atoms with Gasteiger partial charge in [-0.3, -0.25) is 0 Å². The molecule has 6 radical (unpaired) electrons. The normalized spacial score (nSPS) is 0. The maximum Gasteiger partial charge on any atom is 2.00 e. The monoisotopic (exact) mass is 522 g/mol. The van der Waals surface area contributed by atoms with E-state index < -0.39 is 0 Å². The fourth-order valence-electron chi connectivity index (χ4n) is 0. The van der Waals surface area contributed by atoms with E-state index in [0.717, 1.165) is 0 Å². The summed E-state index contributed by atoms with van der Waals surface area (Å²) in [6.07, 6.45) is 0. The molecule has 106 valence electrons. The van der Waals surface area contributed by atoms with Crippen LogP contribution in [0.1, 0.15) is 0 Å². The average molecular weight is 525 g/mol. The standard InChI is InChI=1S/12H2O.2Sb.Zn/h12*1H2;;;/q;;;;;;;;;;;;;;+2. The molecule has 0 saturated carbocycles. The Labute approximate surface area is 133 Å². The largest absolute Gasteiger partial charge is 2.00 e. The van der Waals surface area contributed by atoms with Crippen LogP contribution in [0.3, 0.4) is 0 Å². The van der Waals surface area contributed by atoms with E-state index in [1.165, 1.54) is 0 Å². The van der Waals surface area contributed by atoms with E-state index >= 15 is 0 Å². The second-order valence-electron chi connectivity index (χ2n) is 0. The van der Waals surface area contributed by atoms with Crippen LogP contribution in [-0.4, -0.2) is 115 Å². The van der Waals surface area contributed by atoms with Gasteiger partial charge in [0.25, 0.3) is 0 Å². The zero-order valence-electron chi connectivity index (χ0n) is 7.60. The van der Waals surface area contributed by atoms with Gasteiger partial charge < -0.3 is 65.7 Å². The molecule has 0 spiro atoms. The summed E-state index contributed by atoms with van der Waals surface area (Å²) in [5.41, 5.74) is 0. The summed E-state index contributed by atoms with van der Waals surface area (Å²) < 4.78 is 0. The minimum atomic E-state index is 0. The third kappa shape index (κ3) is 946. The first-order valence-corrected chi connectivity index (χ1v) is 0. The minimum Gasteiger partial charge on any atom is -0.412 e. The van der Waals surface area contributed by atoms with Gasteiger partial charge in [-0.25, -0.2) is 0 Å². The summed E-state index contributed by atoms with van der Waals surface area (Å²) in [5.74, 6) is 0. The second-order valence-corrected chi connectivity index (χ2v) is 0. The van der Waals surface area contributed by atoms with Crippen molar-refractivity contribution in [2.75, 3.05) is 0 Å². The van der Waals surface area contributed by atoms with Crippen LogP contribution >= 0.6 is 0 Å². The van der Waals surface area contributed by atoms with Crippen LogP contribution in [0.5, 0.6) is 0 Å². The Morgan fingerprint density at radius 2 is 0.200 bits per heavy atom. The van der Waals surface area contributed by atoms with E-state index in [1.54, 1.807) is 0 Å². The molecule has 0 aliphatic carbocycles. The predicted molar refractivity (Wildman–Crippen MR) is 54.9 cm³/mol. The van der Waals surface area contributed by atoms with Crippen molar-refractivity contribution in [1.29, 1.82) is 0 Å². The first-order valence-electron chi connectivity index (χ1n) is 0. The fourth-order valence-corrected chi connectivity index (χ4v) is 0. The zero-order valence-corrected chi connectivity index (χ0v) is 15.7. The van der Waals surface area contributed by atoms with E-state index in [4.69, 9.17) is 0 Å². The molecule has 0 unspecified atom stereocenters. The van der Waals surface area contributed by atoms with Crippen molar-refractivity contribution in [3.8, 4) is 0 Å². The molecule has 0 bridgehead atoms. The van der Waals surface area contributed by atoms with Gasteiger partial charge in [-0.2, -0.15) is 0 Å². The molecule has 0 saturated heterocycles. The van der Waals surface area contributed by atoms with Gasteiger partial charge in [0.15, 0.2) is 0 Å². The summed E-state index contributed by atoms with van der Waals surface area (Å²) in [7, 11) is 0. The topological polar surface area (TPSA) is 378 Å². The first-order chi connectivity index (χ1) is 0. The van der Waals surface area contributed by atoms with Gasteiger partial charge in [0.2, 0.25) is 0 Å².